The zero-order valence-electron chi connectivity index (χ0n) is 15.7. The van der Waals surface area contributed by atoms with Gasteiger partial charge in [0.15, 0.2) is 0 Å². The van der Waals surface area contributed by atoms with Crippen LogP contribution in [0.5, 0.6) is 0 Å². The van der Waals surface area contributed by atoms with Crippen LogP contribution in [0.25, 0.3) is 0 Å². The number of aromatic nitrogens is 2. The van der Waals surface area contributed by atoms with Crippen LogP contribution in [-0.4, -0.2) is 43.1 Å². The number of H-pyrrole nitrogens is 1. The average molecular weight is 377 g/mol. The third-order valence-electron chi connectivity index (χ3n) is 5.24. The van der Waals surface area contributed by atoms with Gasteiger partial charge in [-0.1, -0.05) is 37.3 Å². The summed E-state index contributed by atoms with van der Waals surface area (Å²) in [6.45, 7) is 8.05. The van der Waals surface area contributed by atoms with Crippen molar-refractivity contribution in [2.45, 2.75) is 44.6 Å². The predicted octanol–water partition coefficient (Wildman–Crippen LogP) is 2.78. The van der Waals surface area contributed by atoms with E-state index >= 15 is 0 Å². The van der Waals surface area contributed by atoms with Gasteiger partial charge in [-0.2, -0.15) is 5.10 Å². The van der Waals surface area contributed by atoms with Crippen molar-refractivity contribution in [2.24, 2.45) is 5.92 Å². The lowest BCUT2D eigenvalue weighted by atomic mass is 9.96. The molecule has 1 saturated heterocycles. The van der Waals surface area contributed by atoms with E-state index in [2.05, 4.69) is 38.9 Å². The number of hydrogen-bond acceptors (Lipinski definition) is 4. The van der Waals surface area contributed by atoms with Crippen molar-refractivity contribution in [3.05, 3.63) is 47.3 Å². The SMILES string of the molecule is Cc1n[nH]c(C)c1S(=O)(=O)NC[C@@H](c1ccccc1)N1CCC(C)CC1. The molecule has 0 bridgehead atoms. The van der Waals surface area contributed by atoms with Gasteiger partial charge in [-0.25, -0.2) is 13.1 Å². The summed E-state index contributed by atoms with van der Waals surface area (Å²) < 4.78 is 28.5. The topological polar surface area (TPSA) is 78.1 Å². The molecule has 0 unspecified atom stereocenters. The normalized spacial score (nSPS) is 18.1. The molecular formula is C19H28N4O2S. The van der Waals surface area contributed by atoms with E-state index in [-0.39, 0.29) is 10.9 Å². The van der Waals surface area contributed by atoms with E-state index in [9.17, 15) is 8.42 Å². The molecule has 26 heavy (non-hydrogen) atoms. The van der Waals surface area contributed by atoms with Crippen LogP contribution in [0.15, 0.2) is 35.2 Å². The van der Waals surface area contributed by atoms with Gasteiger partial charge in [0.25, 0.3) is 0 Å². The van der Waals surface area contributed by atoms with E-state index in [1.54, 1.807) is 13.8 Å². The second-order valence-electron chi connectivity index (χ2n) is 7.26. The minimum Gasteiger partial charge on any atom is -0.295 e. The Hall–Kier alpha value is -1.70. The zero-order valence-corrected chi connectivity index (χ0v) is 16.5. The summed E-state index contributed by atoms with van der Waals surface area (Å²) >= 11 is 0. The first-order valence-corrected chi connectivity index (χ1v) is 10.7. The molecule has 142 valence electrons. The third-order valence-corrected chi connectivity index (χ3v) is 6.93. The number of likely N-dealkylation sites (tertiary alicyclic amines) is 1. The van der Waals surface area contributed by atoms with Crippen molar-refractivity contribution in [1.82, 2.24) is 19.8 Å². The molecule has 1 aliphatic rings. The highest BCUT2D eigenvalue weighted by atomic mass is 32.2. The molecule has 6 nitrogen and oxygen atoms in total. The van der Waals surface area contributed by atoms with Crippen LogP contribution in [0.3, 0.4) is 0 Å². The fraction of sp³-hybridized carbons (Fsp3) is 0.526. The lowest BCUT2D eigenvalue weighted by Crippen LogP contribution is -2.42. The molecular weight excluding hydrogens is 348 g/mol. The first kappa shape index (κ1) is 19.1. The minimum atomic E-state index is -3.60. The molecule has 0 saturated carbocycles. The summed E-state index contributed by atoms with van der Waals surface area (Å²) in [5, 5.41) is 6.76. The van der Waals surface area contributed by atoms with Gasteiger partial charge in [0.1, 0.15) is 4.90 Å². The molecule has 1 aromatic heterocycles. The quantitative estimate of drug-likeness (QED) is 0.813. The van der Waals surface area contributed by atoms with Crippen molar-refractivity contribution in [2.75, 3.05) is 19.6 Å². The van der Waals surface area contributed by atoms with E-state index in [0.29, 0.717) is 17.9 Å². The summed E-state index contributed by atoms with van der Waals surface area (Å²) in [6.07, 6.45) is 2.30. The Morgan fingerprint density at radius 3 is 2.46 bits per heavy atom. The Labute approximate surface area is 156 Å². The first-order valence-electron chi connectivity index (χ1n) is 9.18. The van der Waals surface area contributed by atoms with Crippen LogP contribution < -0.4 is 4.72 Å². The number of aryl methyl sites for hydroxylation is 2. The Bertz CT molecular complexity index is 805. The van der Waals surface area contributed by atoms with E-state index in [1.807, 2.05) is 18.2 Å². The van der Waals surface area contributed by atoms with E-state index in [1.165, 1.54) is 0 Å². The Balaban J connectivity index is 1.80. The van der Waals surface area contributed by atoms with Crippen molar-refractivity contribution >= 4 is 10.0 Å². The van der Waals surface area contributed by atoms with Crippen LogP contribution in [0.2, 0.25) is 0 Å². The molecule has 1 aromatic carbocycles. The highest BCUT2D eigenvalue weighted by Gasteiger charge is 2.28. The van der Waals surface area contributed by atoms with Gasteiger partial charge in [0.2, 0.25) is 10.0 Å². The van der Waals surface area contributed by atoms with Gasteiger partial charge in [-0.3, -0.25) is 10.00 Å². The number of piperidine rings is 1. The Morgan fingerprint density at radius 1 is 1.23 bits per heavy atom. The van der Waals surface area contributed by atoms with Crippen LogP contribution in [0.1, 0.15) is 42.8 Å². The van der Waals surface area contributed by atoms with Gasteiger partial charge in [0.05, 0.1) is 11.4 Å². The van der Waals surface area contributed by atoms with E-state index in [0.717, 1.165) is 37.4 Å². The lowest BCUT2D eigenvalue weighted by molar-refractivity contribution is 0.139. The van der Waals surface area contributed by atoms with Crippen molar-refractivity contribution in [3.8, 4) is 0 Å². The molecule has 1 fully saturated rings. The standard InChI is InChI=1S/C19H28N4O2S/c1-14-9-11-23(12-10-14)18(17-7-5-4-6-8-17)13-20-26(24,25)19-15(2)21-22-16(19)3/h4-8,14,18,20H,9-13H2,1-3H3,(H,21,22)/t18-/m0/s1. The number of benzene rings is 1. The number of aromatic amines is 1. The fourth-order valence-corrected chi connectivity index (χ4v) is 5.08. The average Bonchev–Trinajstić information content (AvgIpc) is 2.97. The molecule has 3 rings (SSSR count). The number of sulfonamides is 1. The minimum absolute atomic E-state index is 0.0333. The monoisotopic (exact) mass is 376 g/mol. The van der Waals surface area contributed by atoms with Gasteiger partial charge in [0, 0.05) is 12.6 Å². The molecule has 0 spiro atoms. The number of hydrogen-bond donors (Lipinski definition) is 2. The molecule has 2 aromatic rings. The van der Waals surface area contributed by atoms with Gasteiger partial charge in [-0.05, 0) is 51.3 Å². The maximum Gasteiger partial charge on any atom is 0.244 e. The Kier molecular flexibility index (Phi) is 5.79. The molecule has 1 atom stereocenters. The second-order valence-corrected chi connectivity index (χ2v) is 8.96. The number of nitrogens with zero attached hydrogens (tertiary/aromatic N) is 2. The number of rotatable bonds is 6. The van der Waals surface area contributed by atoms with Crippen LogP contribution in [-0.2, 0) is 10.0 Å². The van der Waals surface area contributed by atoms with Crippen LogP contribution in [0, 0.1) is 19.8 Å². The van der Waals surface area contributed by atoms with Gasteiger partial charge < -0.3 is 0 Å². The highest BCUT2D eigenvalue weighted by molar-refractivity contribution is 7.89. The molecule has 2 N–H and O–H groups in total. The first-order chi connectivity index (χ1) is 12.4. The summed E-state index contributed by atoms with van der Waals surface area (Å²) in [6, 6.07) is 10.2. The zero-order chi connectivity index (χ0) is 18.7. The molecule has 0 radical (unpaired) electrons. The predicted molar refractivity (Wildman–Crippen MR) is 102 cm³/mol. The van der Waals surface area contributed by atoms with Gasteiger partial charge >= 0.3 is 0 Å². The maximum absolute atomic E-state index is 12.8. The highest BCUT2D eigenvalue weighted by Crippen LogP contribution is 2.27. The fourth-order valence-electron chi connectivity index (χ4n) is 3.67. The largest absolute Gasteiger partial charge is 0.295 e. The Morgan fingerprint density at radius 2 is 1.88 bits per heavy atom. The second kappa shape index (κ2) is 7.90. The molecule has 1 aliphatic heterocycles. The van der Waals surface area contributed by atoms with Crippen molar-refractivity contribution in [3.63, 3.8) is 0 Å². The van der Waals surface area contributed by atoms with Crippen LogP contribution in [0.4, 0.5) is 0 Å². The third kappa shape index (κ3) is 4.16. The summed E-state index contributed by atoms with van der Waals surface area (Å²) in [5.74, 6) is 0.732. The van der Waals surface area contributed by atoms with E-state index < -0.39 is 10.0 Å². The van der Waals surface area contributed by atoms with Gasteiger partial charge in [-0.15, -0.1) is 0 Å². The molecule has 0 amide bonds. The van der Waals surface area contributed by atoms with E-state index in [4.69, 9.17) is 0 Å². The molecule has 7 heteroatoms. The number of nitrogens with one attached hydrogen (secondary N) is 2. The summed E-state index contributed by atoms with van der Waals surface area (Å²) in [4.78, 5) is 2.66. The van der Waals surface area contributed by atoms with Crippen molar-refractivity contribution < 1.29 is 8.42 Å². The van der Waals surface area contributed by atoms with Crippen molar-refractivity contribution in [1.29, 1.82) is 0 Å². The summed E-state index contributed by atoms with van der Waals surface area (Å²) in [5.41, 5.74) is 2.21. The molecule has 2 heterocycles. The summed E-state index contributed by atoms with van der Waals surface area (Å²) in [7, 11) is -3.60. The smallest absolute Gasteiger partial charge is 0.244 e. The maximum atomic E-state index is 12.8. The lowest BCUT2D eigenvalue weighted by Gasteiger charge is -2.37. The molecule has 0 aliphatic carbocycles. The van der Waals surface area contributed by atoms with Crippen LogP contribution >= 0.6 is 0 Å².